The van der Waals surface area contributed by atoms with Gasteiger partial charge in [-0.3, -0.25) is 9.59 Å². The van der Waals surface area contributed by atoms with Gasteiger partial charge >= 0.3 is 0 Å². The highest BCUT2D eigenvalue weighted by atomic mass is 79.9. The van der Waals surface area contributed by atoms with Crippen molar-refractivity contribution in [2.45, 2.75) is 82.7 Å². The van der Waals surface area contributed by atoms with Crippen molar-refractivity contribution in [3.8, 4) is 0 Å². The molecule has 2 aromatic rings. The second kappa shape index (κ2) is 11.9. The molecule has 1 saturated carbocycles. The van der Waals surface area contributed by atoms with Gasteiger partial charge in [-0.1, -0.05) is 77.7 Å². The molecule has 6 heteroatoms. The SMILES string of the molecule is CC(CCN1CCC2(CC1)CCN(Cc1ccc(Br)cc1)C2=O)(C(=O)NC1CCCCC1)c1ccccc1. The van der Waals surface area contributed by atoms with Crippen molar-refractivity contribution in [3.63, 3.8) is 0 Å². The molecular formula is C32H42BrN3O2. The number of benzene rings is 2. The summed E-state index contributed by atoms with van der Waals surface area (Å²) >= 11 is 3.49. The summed E-state index contributed by atoms with van der Waals surface area (Å²) in [7, 11) is 0. The molecule has 0 bridgehead atoms. The van der Waals surface area contributed by atoms with E-state index in [9.17, 15) is 9.59 Å². The maximum atomic E-state index is 13.7. The summed E-state index contributed by atoms with van der Waals surface area (Å²) in [6, 6.07) is 18.9. The van der Waals surface area contributed by atoms with Crippen LogP contribution in [0.1, 0.15) is 75.8 Å². The molecule has 38 heavy (non-hydrogen) atoms. The lowest BCUT2D eigenvalue weighted by atomic mass is 9.75. The molecule has 1 atom stereocenters. The number of amides is 2. The molecule has 5 rings (SSSR count). The van der Waals surface area contributed by atoms with E-state index in [1.807, 2.05) is 30.3 Å². The number of likely N-dealkylation sites (tertiary alicyclic amines) is 2. The fraction of sp³-hybridized carbons (Fsp3) is 0.562. The van der Waals surface area contributed by atoms with Crippen molar-refractivity contribution in [1.82, 2.24) is 15.1 Å². The minimum Gasteiger partial charge on any atom is -0.353 e. The largest absolute Gasteiger partial charge is 0.353 e. The van der Waals surface area contributed by atoms with Crippen LogP contribution in [-0.4, -0.2) is 53.8 Å². The molecule has 204 valence electrons. The van der Waals surface area contributed by atoms with Crippen LogP contribution < -0.4 is 5.32 Å². The van der Waals surface area contributed by atoms with E-state index >= 15 is 0 Å². The van der Waals surface area contributed by atoms with Crippen molar-refractivity contribution in [2.75, 3.05) is 26.2 Å². The van der Waals surface area contributed by atoms with Crippen LogP contribution in [0.15, 0.2) is 59.1 Å². The number of nitrogens with zero attached hydrogens (tertiary/aromatic N) is 2. The molecule has 2 heterocycles. The van der Waals surface area contributed by atoms with Gasteiger partial charge in [-0.25, -0.2) is 0 Å². The van der Waals surface area contributed by atoms with E-state index in [4.69, 9.17) is 0 Å². The van der Waals surface area contributed by atoms with Crippen molar-refractivity contribution in [3.05, 3.63) is 70.2 Å². The summed E-state index contributed by atoms with van der Waals surface area (Å²) < 4.78 is 1.06. The maximum Gasteiger partial charge on any atom is 0.230 e. The highest BCUT2D eigenvalue weighted by Gasteiger charge is 2.48. The average Bonchev–Trinajstić information content (AvgIpc) is 3.24. The number of hydrogen-bond donors (Lipinski definition) is 1. The molecule has 5 nitrogen and oxygen atoms in total. The van der Waals surface area contributed by atoms with Crippen molar-refractivity contribution in [2.24, 2.45) is 5.41 Å². The zero-order valence-corrected chi connectivity index (χ0v) is 24.3. The van der Waals surface area contributed by atoms with Crippen LogP contribution in [0.3, 0.4) is 0 Å². The average molecular weight is 581 g/mol. The molecule has 1 aliphatic carbocycles. The molecule has 1 unspecified atom stereocenters. The number of carbonyl (C=O) groups is 2. The van der Waals surface area contributed by atoms with Crippen LogP contribution in [0.5, 0.6) is 0 Å². The van der Waals surface area contributed by atoms with Crippen molar-refractivity contribution >= 4 is 27.7 Å². The summed E-state index contributed by atoms with van der Waals surface area (Å²) in [6.07, 6.45) is 9.47. The lowest BCUT2D eigenvalue weighted by Crippen LogP contribution is -2.50. The highest BCUT2D eigenvalue weighted by Crippen LogP contribution is 2.42. The van der Waals surface area contributed by atoms with Gasteiger partial charge in [-0.2, -0.15) is 0 Å². The van der Waals surface area contributed by atoms with E-state index in [1.165, 1.54) is 24.8 Å². The Morgan fingerprint density at radius 1 is 0.974 bits per heavy atom. The van der Waals surface area contributed by atoms with Crippen LogP contribution >= 0.6 is 15.9 Å². The third kappa shape index (κ3) is 6.02. The van der Waals surface area contributed by atoms with E-state index in [1.54, 1.807) is 0 Å². The second-order valence-corrected chi connectivity index (χ2v) is 12.9. The standard InChI is InChI=1S/C32H42BrN3O2/c1-31(26-8-4-2-5-9-26,29(37)34-28-10-6-3-7-11-28)16-20-35-21-17-32(18-22-35)19-23-36(30(32)38)24-25-12-14-27(33)15-13-25/h2,4-5,8-9,12-15,28H,3,6-7,10-11,16-24H2,1H3,(H,34,37). The Labute approximate surface area is 236 Å². The molecule has 0 radical (unpaired) electrons. The Morgan fingerprint density at radius 3 is 2.32 bits per heavy atom. The molecule has 2 saturated heterocycles. The van der Waals surface area contributed by atoms with Crippen LogP contribution in [0.4, 0.5) is 0 Å². The summed E-state index contributed by atoms with van der Waals surface area (Å²) in [4.78, 5) is 31.7. The van der Waals surface area contributed by atoms with E-state index in [-0.39, 0.29) is 11.3 Å². The number of hydrogen-bond acceptors (Lipinski definition) is 3. The zero-order valence-electron chi connectivity index (χ0n) is 22.8. The number of rotatable bonds is 8. The predicted molar refractivity (Wildman–Crippen MR) is 156 cm³/mol. The van der Waals surface area contributed by atoms with Crippen LogP contribution in [0.25, 0.3) is 0 Å². The molecule has 2 amide bonds. The zero-order chi connectivity index (χ0) is 26.6. The Balaban J connectivity index is 1.18. The summed E-state index contributed by atoms with van der Waals surface area (Å²) in [5.41, 5.74) is 1.52. The van der Waals surface area contributed by atoms with Gasteiger partial charge in [0.05, 0.1) is 10.8 Å². The maximum absolute atomic E-state index is 13.7. The number of carbonyl (C=O) groups excluding carboxylic acids is 2. The highest BCUT2D eigenvalue weighted by molar-refractivity contribution is 9.10. The molecule has 0 aromatic heterocycles. The molecule has 1 N–H and O–H groups in total. The monoisotopic (exact) mass is 579 g/mol. The predicted octanol–water partition coefficient (Wildman–Crippen LogP) is 6.06. The molecule has 3 aliphatic rings. The van der Waals surface area contributed by atoms with E-state index in [0.717, 1.165) is 74.7 Å². The number of nitrogens with one attached hydrogen (secondary N) is 1. The topological polar surface area (TPSA) is 52.7 Å². The van der Waals surface area contributed by atoms with Gasteiger partial charge in [0.15, 0.2) is 0 Å². The lowest BCUT2D eigenvalue weighted by Gasteiger charge is -2.40. The fourth-order valence-electron chi connectivity index (χ4n) is 6.69. The summed E-state index contributed by atoms with van der Waals surface area (Å²) in [6.45, 7) is 6.38. The van der Waals surface area contributed by atoms with Gasteiger partial charge < -0.3 is 15.1 Å². The Hall–Kier alpha value is -2.18. The molecule has 3 fully saturated rings. The first-order chi connectivity index (χ1) is 18.4. The van der Waals surface area contributed by atoms with Gasteiger partial charge in [-0.15, -0.1) is 0 Å². The van der Waals surface area contributed by atoms with Gasteiger partial charge in [0.2, 0.25) is 11.8 Å². The van der Waals surface area contributed by atoms with Crippen molar-refractivity contribution < 1.29 is 9.59 Å². The smallest absolute Gasteiger partial charge is 0.230 e. The second-order valence-electron chi connectivity index (χ2n) is 12.0. The van der Waals surface area contributed by atoms with Gasteiger partial charge in [0.25, 0.3) is 0 Å². The Morgan fingerprint density at radius 2 is 1.63 bits per heavy atom. The fourth-order valence-corrected chi connectivity index (χ4v) is 6.96. The van der Waals surface area contributed by atoms with Gasteiger partial charge in [-0.05, 0) is 88.3 Å². The van der Waals surface area contributed by atoms with Crippen molar-refractivity contribution in [1.29, 1.82) is 0 Å². The summed E-state index contributed by atoms with van der Waals surface area (Å²) in [5.74, 6) is 0.500. The number of halogens is 1. The lowest BCUT2D eigenvalue weighted by molar-refractivity contribution is -0.138. The molecule has 2 aliphatic heterocycles. The third-order valence-electron chi connectivity index (χ3n) is 9.48. The molecule has 1 spiro atoms. The van der Waals surface area contributed by atoms with Crippen LogP contribution in [0, 0.1) is 5.41 Å². The molecular weight excluding hydrogens is 538 g/mol. The van der Waals surface area contributed by atoms with Gasteiger partial charge in [0.1, 0.15) is 0 Å². The molecule has 2 aromatic carbocycles. The van der Waals surface area contributed by atoms with Crippen LogP contribution in [-0.2, 0) is 21.5 Å². The van der Waals surface area contributed by atoms with E-state index in [2.05, 4.69) is 62.2 Å². The minimum atomic E-state index is -0.557. The summed E-state index contributed by atoms with van der Waals surface area (Å²) in [5, 5.41) is 3.41. The Kier molecular flexibility index (Phi) is 8.59. The van der Waals surface area contributed by atoms with Gasteiger partial charge in [0, 0.05) is 23.6 Å². The van der Waals surface area contributed by atoms with E-state index < -0.39 is 5.41 Å². The Bertz CT molecular complexity index is 1090. The number of piperidine rings is 1. The van der Waals surface area contributed by atoms with E-state index in [0.29, 0.717) is 18.5 Å². The first kappa shape index (κ1) is 27.4. The first-order valence-electron chi connectivity index (χ1n) is 14.5. The quantitative estimate of drug-likeness (QED) is 0.413. The third-order valence-corrected chi connectivity index (χ3v) is 10.0. The normalized spacial score (nSPS) is 21.9. The minimum absolute atomic E-state index is 0.165. The van der Waals surface area contributed by atoms with Crippen LogP contribution in [0.2, 0.25) is 0 Å². The first-order valence-corrected chi connectivity index (χ1v) is 15.3.